The normalized spacial score (nSPS) is 27.3. The fourth-order valence-electron chi connectivity index (χ4n) is 4.34. The van der Waals surface area contributed by atoms with E-state index in [4.69, 9.17) is 0 Å². The molecule has 2 heterocycles. The average Bonchev–Trinajstić information content (AvgIpc) is 2.93. The van der Waals surface area contributed by atoms with Crippen molar-refractivity contribution in [2.75, 3.05) is 38.2 Å². The molecule has 0 aromatic carbocycles. The van der Waals surface area contributed by atoms with Crippen LogP contribution >= 0.6 is 11.8 Å². The highest BCUT2D eigenvalue weighted by Crippen LogP contribution is 2.43. The van der Waals surface area contributed by atoms with E-state index in [0.717, 1.165) is 18.4 Å². The quantitative estimate of drug-likeness (QED) is 0.626. The van der Waals surface area contributed by atoms with Crippen LogP contribution in [0.2, 0.25) is 0 Å². The van der Waals surface area contributed by atoms with E-state index in [-0.39, 0.29) is 0 Å². The number of likely N-dealkylation sites (tertiary alicyclic amines) is 1. The molecule has 1 saturated carbocycles. The van der Waals surface area contributed by atoms with Gasteiger partial charge in [-0.25, -0.2) is 0 Å². The third-order valence-corrected chi connectivity index (χ3v) is 6.80. The highest BCUT2D eigenvalue weighted by atomic mass is 32.2. The Balaban J connectivity index is 1.50. The summed E-state index contributed by atoms with van der Waals surface area (Å²) < 4.78 is 0. The fourth-order valence-corrected chi connectivity index (χ4v) is 5.55. The summed E-state index contributed by atoms with van der Waals surface area (Å²) in [5.74, 6) is 4.71. The molecular formula is C17H31N3S. The van der Waals surface area contributed by atoms with E-state index in [1.807, 2.05) is 7.05 Å². The zero-order valence-electron chi connectivity index (χ0n) is 13.6. The summed E-state index contributed by atoms with van der Waals surface area (Å²) in [6, 6.07) is 0. The zero-order valence-corrected chi connectivity index (χ0v) is 14.4. The van der Waals surface area contributed by atoms with Crippen LogP contribution in [-0.4, -0.2) is 49.0 Å². The molecule has 0 bridgehead atoms. The molecule has 0 radical (unpaired) electrons. The van der Waals surface area contributed by atoms with Crippen LogP contribution < -0.4 is 5.32 Å². The highest BCUT2D eigenvalue weighted by Gasteiger charge is 2.39. The second-order valence-electron chi connectivity index (χ2n) is 7.22. The number of rotatable bonds is 2. The Morgan fingerprint density at radius 2 is 1.95 bits per heavy atom. The van der Waals surface area contributed by atoms with Crippen molar-refractivity contribution >= 4 is 17.7 Å². The number of hydrogen-bond donors (Lipinski definition) is 1. The Morgan fingerprint density at radius 1 is 1.19 bits per heavy atom. The maximum Gasteiger partial charge on any atom is 0.193 e. The summed E-state index contributed by atoms with van der Waals surface area (Å²) in [6.07, 6.45) is 11.4. The van der Waals surface area contributed by atoms with E-state index in [1.54, 1.807) is 0 Å². The fraction of sp³-hybridized carbons (Fsp3) is 0.941. The van der Waals surface area contributed by atoms with E-state index < -0.39 is 0 Å². The van der Waals surface area contributed by atoms with Crippen molar-refractivity contribution < 1.29 is 0 Å². The van der Waals surface area contributed by atoms with Gasteiger partial charge in [-0.3, -0.25) is 4.99 Å². The molecule has 0 aromatic heterocycles. The number of hydrogen-bond acceptors (Lipinski definition) is 2. The van der Waals surface area contributed by atoms with Gasteiger partial charge in [-0.1, -0.05) is 19.3 Å². The molecule has 2 aliphatic heterocycles. The van der Waals surface area contributed by atoms with Crippen molar-refractivity contribution in [3.63, 3.8) is 0 Å². The minimum atomic E-state index is 0.622. The van der Waals surface area contributed by atoms with Gasteiger partial charge in [0.1, 0.15) is 0 Å². The number of guanidine groups is 1. The molecule has 4 heteroatoms. The lowest BCUT2D eigenvalue weighted by molar-refractivity contribution is 0.203. The molecule has 0 atom stereocenters. The molecule has 2 saturated heterocycles. The van der Waals surface area contributed by atoms with Gasteiger partial charge in [-0.05, 0) is 54.9 Å². The van der Waals surface area contributed by atoms with Gasteiger partial charge < -0.3 is 10.2 Å². The van der Waals surface area contributed by atoms with Crippen LogP contribution in [0, 0.1) is 11.3 Å². The molecule has 3 fully saturated rings. The lowest BCUT2D eigenvalue weighted by Crippen LogP contribution is -2.43. The van der Waals surface area contributed by atoms with Crippen LogP contribution in [-0.2, 0) is 0 Å². The van der Waals surface area contributed by atoms with Crippen molar-refractivity contribution in [2.45, 2.75) is 51.4 Å². The van der Waals surface area contributed by atoms with Crippen LogP contribution in [0.1, 0.15) is 51.4 Å². The Bertz CT molecular complexity index is 357. The lowest BCUT2D eigenvalue weighted by Gasteiger charge is -2.34. The molecule has 3 rings (SSSR count). The lowest BCUT2D eigenvalue weighted by atomic mass is 9.73. The second-order valence-corrected chi connectivity index (χ2v) is 8.44. The predicted molar refractivity (Wildman–Crippen MR) is 93.1 cm³/mol. The van der Waals surface area contributed by atoms with Crippen LogP contribution in [0.3, 0.4) is 0 Å². The van der Waals surface area contributed by atoms with Crippen molar-refractivity contribution in [3.8, 4) is 0 Å². The predicted octanol–water partition coefficient (Wildman–Crippen LogP) is 3.36. The topological polar surface area (TPSA) is 27.6 Å². The summed E-state index contributed by atoms with van der Waals surface area (Å²) in [5, 5.41) is 3.67. The van der Waals surface area contributed by atoms with Gasteiger partial charge in [0.25, 0.3) is 0 Å². The van der Waals surface area contributed by atoms with E-state index in [9.17, 15) is 0 Å². The second kappa shape index (κ2) is 7.26. The van der Waals surface area contributed by atoms with Gasteiger partial charge in [0, 0.05) is 26.7 Å². The molecule has 21 heavy (non-hydrogen) atoms. The standard InChI is InChI=1S/C17H31N3S/c1-18-16(19-13-15-5-11-21-12-6-15)20-10-9-17(14-20)7-3-2-4-8-17/h15H,2-14H2,1H3,(H,18,19). The molecule has 1 aliphatic carbocycles. The average molecular weight is 310 g/mol. The summed E-state index contributed by atoms with van der Waals surface area (Å²) in [5.41, 5.74) is 0.622. The molecular weight excluding hydrogens is 278 g/mol. The molecule has 3 nitrogen and oxygen atoms in total. The largest absolute Gasteiger partial charge is 0.356 e. The van der Waals surface area contributed by atoms with Crippen LogP contribution in [0.25, 0.3) is 0 Å². The van der Waals surface area contributed by atoms with Crippen molar-refractivity contribution in [1.82, 2.24) is 10.2 Å². The van der Waals surface area contributed by atoms with Crippen molar-refractivity contribution in [3.05, 3.63) is 0 Å². The van der Waals surface area contributed by atoms with E-state index in [1.165, 1.54) is 76.0 Å². The van der Waals surface area contributed by atoms with Gasteiger partial charge in [-0.2, -0.15) is 11.8 Å². The number of aliphatic imine (C=N–C) groups is 1. The van der Waals surface area contributed by atoms with Gasteiger partial charge in [-0.15, -0.1) is 0 Å². The first-order chi connectivity index (χ1) is 10.3. The number of thioether (sulfide) groups is 1. The molecule has 3 aliphatic rings. The minimum absolute atomic E-state index is 0.622. The molecule has 1 N–H and O–H groups in total. The van der Waals surface area contributed by atoms with Gasteiger partial charge >= 0.3 is 0 Å². The van der Waals surface area contributed by atoms with Gasteiger partial charge in [0.05, 0.1) is 0 Å². The van der Waals surface area contributed by atoms with Crippen molar-refractivity contribution in [2.24, 2.45) is 16.3 Å². The first-order valence-corrected chi connectivity index (χ1v) is 10.0. The number of nitrogens with one attached hydrogen (secondary N) is 1. The van der Waals surface area contributed by atoms with Crippen molar-refractivity contribution in [1.29, 1.82) is 0 Å². The van der Waals surface area contributed by atoms with Crippen LogP contribution in [0.15, 0.2) is 4.99 Å². The first-order valence-electron chi connectivity index (χ1n) is 8.85. The molecule has 120 valence electrons. The SMILES string of the molecule is CN=C(NCC1CCSCC1)N1CCC2(CCCCC2)C1. The summed E-state index contributed by atoms with van der Waals surface area (Å²) in [4.78, 5) is 7.09. The molecule has 1 spiro atoms. The van der Waals surface area contributed by atoms with E-state index in [0.29, 0.717) is 5.41 Å². The van der Waals surface area contributed by atoms with Gasteiger partial charge in [0.15, 0.2) is 5.96 Å². The van der Waals surface area contributed by atoms with Gasteiger partial charge in [0.2, 0.25) is 0 Å². The maximum atomic E-state index is 4.56. The Labute approximate surface area is 134 Å². The zero-order chi connectivity index (χ0) is 14.5. The highest BCUT2D eigenvalue weighted by molar-refractivity contribution is 7.99. The Hall–Kier alpha value is -0.380. The third kappa shape index (κ3) is 3.88. The minimum Gasteiger partial charge on any atom is -0.356 e. The molecule has 0 amide bonds. The third-order valence-electron chi connectivity index (χ3n) is 5.75. The smallest absolute Gasteiger partial charge is 0.193 e. The van der Waals surface area contributed by atoms with E-state index >= 15 is 0 Å². The summed E-state index contributed by atoms with van der Waals surface area (Å²) in [6.45, 7) is 3.57. The van der Waals surface area contributed by atoms with E-state index in [2.05, 4.69) is 27.0 Å². The molecule has 0 aromatic rings. The van der Waals surface area contributed by atoms with Crippen LogP contribution in [0.5, 0.6) is 0 Å². The monoisotopic (exact) mass is 309 g/mol. The maximum absolute atomic E-state index is 4.56. The van der Waals surface area contributed by atoms with Crippen LogP contribution in [0.4, 0.5) is 0 Å². The summed E-state index contributed by atoms with van der Waals surface area (Å²) in [7, 11) is 1.95. The first kappa shape index (κ1) is 15.5. The Morgan fingerprint density at radius 3 is 2.67 bits per heavy atom. The summed E-state index contributed by atoms with van der Waals surface area (Å²) >= 11 is 2.11. The number of nitrogens with zero attached hydrogens (tertiary/aromatic N) is 2. The Kier molecular flexibility index (Phi) is 5.36. The molecule has 0 unspecified atom stereocenters.